The molecule has 4 nitrogen and oxygen atoms in total. The molecule has 4 heteroatoms. The second-order valence-electron chi connectivity index (χ2n) is 4.77. The molecule has 1 aliphatic rings. The molecule has 1 N–H and O–H groups in total. The molecule has 16 heavy (non-hydrogen) atoms. The summed E-state index contributed by atoms with van der Waals surface area (Å²) in [6, 6.07) is 0. The van der Waals surface area contributed by atoms with E-state index in [0.717, 1.165) is 30.7 Å². The van der Waals surface area contributed by atoms with Crippen molar-refractivity contribution in [2.75, 3.05) is 26.7 Å². The Morgan fingerprint density at radius 1 is 1.62 bits per heavy atom. The molecular formula is C12H21N3O. The Morgan fingerprint density at radius 2 is 2.50 bits per heavy atom. The molecule has 1 unspecified atom stereocenters. The fraction of sp³-hybridized carbons (Fsp3) is 0.750. The maximum Gasteiger partial charge on any atom is 0.208 e. The quantitative estimate of drug-likeness (QED) is 0.838. The Hall–Kier alpha value is -0.870. The summed E-state index contributed by atoms with van der Waals surface area (Å²) in [7, 11) is 2.20. The summed E-state index contributed by atoms with van der Waals surface area (Å²) >= 11 is 0. The second kappa shape index (κ2) is 5.46. The monoisotopic (exact) mass is 223 g/mol. The molecule has 0 aliphatic carbocycles. The van der Waals surface area contributed by atoms with Gasteiger partial charge in [0, 0.05) is 6.54 Å². The van der Waals surface area contributed by atoms with Crippen LogP contribution in [0.1, 0.15) is 24.5 Å². The maximum atomic E-state index is 5.41. The normalized spacial score (nSPS) is 22.5. The molecule has 0 aromatic carbocycles. The molecule has 2 heterocycles. The number of hydrogen-bond acceptors (Lipinski definition) is 4. The van der Waals surface area contributed by atoms with Crippen molar-refractivity contribution in [1.82, 2.24) is 15.2 Å². The molecule has 2 rings (SSSR count). The molecule has 0 saturated carbocycles. The highest BCUT2D eigenvalue weighted by atomic mass is 16.4. The highest BCUT2D eigenvalue weighted by Gasteiger charge is 2.16. The summed E-state index contributed by atoms with van der Waals surface area (Å²) in [6.45, 7) is 6.18. The average molecular weight is 223 g/mol. The number of piperidine rings is 1. The van der Waals surface area contributed by atoms with Crippen LogP contribution < -0.4 is 5.32 Å². The van der Waals surface area contributed by atoms with Gasteiger partial charge in [-0.1, -0.05) is 0 Å². The first-order valence-electron chi connectivity index (χ1n) is 6.04. The molecular weight excluding hydrogens is 202 g/mol. The van der Waals surface area contributed by atoms with Crippen molar-refractivity contribution in [3.63, 3.8) is 0 Å². The number of hydrogen-bond donors (Lipinski definition) is 1. The standard InChI is InChI=1S/C12H21N3O/c1-10-6-14-12(16-10)8-13-7-11-4-3-5-15(2)9-11/h6,11,13H,3-5,7-9H2,1-2H3. The zero-order valence-electron chi connectivity index (χ0n) is 10.2. The topological polar surface area (TPSA) is 41.3 Å². The lowest BCUT2D eigenvalue weighted by Gasteiger charge is -2.29. The molecule has 1 aromatic heterocycles. The van der Waals surface area contributed by atoms with Crippen molar-refractivity contribution in [2.24, 2.45) is 5.92 Å². The van der Waals surface area contributed by atoms with Gasteiger partial charge in [0.1, 0.15) is 5.76 Å². The van der Waals surface area contributed by atoms with Gasteiger partial charge in [0.25, 0.3) is 0 Å². The van der Waals surface area contributed by atoms with Crippen LogP contribution in [0.4, 0.5) is 0 Å². The molecule has 0 spiro atoms. The van der Waals surface area contributed by atoms with E-state index in [2.05, 4.69) is 22.2 Å². The summed E-state index contributed by atoms with van der Waals surface area (Å²) in [5.74, 6) is 2.45. The number of likely N-dealkylation sites (tertiary alicyclic amines) is 1. The van der Waals surface area contributed by atoms with E-state index in [4.69, 9.17) is 4.42 Å². The highest BCUT2D eigenvalue weighted by Crippen LogP contribution is 2.14. The number of rotatable bonds is 4. The van der Waals surface area contributed by atoms with Crippen LogP contribution in [-0.4, -0.2) is 36.6 Å². The van der Waals surface area contributed by atoms with E-state index in [1.807, 2.05) is 6.92 Å². The Balaban J connectivity index is 1.67. The first-order chi connectivity index (χ1) is 7.74. The van der Waals surface area contributed by atoms with Crippen molar-refractivity contribution in [2.45, 2.75) is 26.3 Å². The minimum atomic E-state index is 0.744. The minimum Gasteiger partial charge on any atom is -0.445 e. The van der Waals surface area contributed by atoms with Crippen LogP contribution in [0.15, 0.2) is 10.6 Å². The van der Waals surface area contributed by atoms with Crippen LogP contribution in [-0.2, 0) is 6.54 Å². The molecule has 90 valence electrons. The first-order valence-corrected chi connectivity index (χ1v) is 6.04. The lowest BCUT2D eigenvalue weighted by molar-refractivity contribution is 0.205. The van der Waals surface area contributed by atoms with Gasteiger partial charge in [-0.3, -0.25) is 0 Å². The van der Waals surface area contributed by atoms with E-state index in [1.165, 1.54) is 25.9 Å². The Labute approximate surface area is 97.0 Å². The zero-order valence-corrected chi connectivity index (χ0v) is 10.2. The number of nitrogens with one attached hydrogen (secondary N) is 1. The van der Waals surface area contributed by atoms with Gasteiger partial charge in [0.15, 0.2) is 0 Å². The SMILES string of the molecule is Cc1cnc(CNCC2CCCN(C)C2)o1. The van der Waals surface area contributed by atoms with Gasteiger partial charge in [0.2, 0.25) is 5.89 Å². The van der Waals surface area contributed by atoms with Gasteiger partial charge in [-0.15, -0.1) is 0 Å². The second-order valence-corrected chi connectivity index (χ2v) is 4.77. The zero-order chi connectivity index (χ0) is 11.4. The van der Waals surface area contributed by atoms with E-state index in [9.17, 15) is 0 Å². The van der Waals surface area contributed by atoms with Crippen molar-refractivity contribution in [1.29, 1.82) is 0 Å². The number of nitrogens with zero attached hydrogens (tertiary/aromatic N) is 2. The minimum absolute atomic E-state index is 0.744. The van der Waals surface area contributed by atoms with Crippen LogP contribution >= 0.6 is 0 Å². The summed E-state index contributed by atoms with van der Waals surface area (Å²) in [6.07, 6.45) is 4.42. The molecule has 1 atom stereocenters. The molecule has 1 aromatic rings. The van der Waals surface area contributed by atoms with Gasteiger partial charge >= 0.3 is 0 Å². The van der Waals surface area contributed by atoms with Crippen molar-refractivity contribution < 1.29 is 4.42 Å². The third kappa shape index (κ3) is 3.32. The Morgan fingerprint density at radius 3 is 3.19 bits per heavy atom. The summed E-state index contributed by atoms with van der Waals surface area (Å²) in [5.41, 5.74) is 0. The lowest BCUT2D eigenvalue weighted by Crippen LogP contribution is -2.37. The van der Waals surface area contributed by atoms with Gasteiger partial charge in [-0.05, 0) is 45.8 Å². The largest absolute Gasteiger partial charge is 0.445 e. The van der Waals surface area contributed by atoms with Crippen LogP contribution in [0.3, 0.4) is 0 Å². The number of oxazole rings is 1. The molecule has 0 radical (unpaired) electrons. The summed E-state index contributed by atoms with van der Waals surface area (Å²) in [4.78, 5) is 6.58. The fourth-order valence-electron chi connectivity index (χ4n) is 2.31. The van der Waals surface area contributed by atoms with Crippen molar-refractivity contribution >= 4 is 0 Å². The number of aryl methyl sites for hydroxylation is 1. The van der Waals surface area contributed by atoms with E-state index in [0.29, 0.717) is 0 Å². The Kier molecular flexibility index (Phi) is 3.96. The van der Waals surface area contributed by atoms with Gasteiger partial charge in [-0.25, -0.2) is 4.98 Å². The predicted octanol–water partition coefficient (Wildman–Crippen LogP) is 1.41. The average Bonchev–Trinajstić information content (AvgIpc) is 2.64. The van der Waals surface area contributed by atoms with E-state index in [1.54, 1.807) is 6.20 Å². The van der Waals surface area contributed by atoms with Crippen LogP contribution in [0.5, 0.6) is 0 Å². The third-order valence-electron chi connectivity index (χ3n) is 3.10. The molecule has 0 bridgehead atoms. The summed E-state index contributed by atoms with van der Waals surface area (Å²) in [5, 5.41) is 3.42. The number of aromatic nitrogens is 1. The van der Waals surface area contributed by atoms with E-state index in [-0.39, 0.29) is 0 Å². The fourth-order valence-corrected chi connectivity index (χ4v) is 2.31. The molecule has 1 saturated heterocycles. The van der Waals surface area contributed by atoms with Crippen LogP contribution in [0, 0.1) is 12.8 Å². The molecule has 1 aliphatic heterocycles. The van der Waals surface area contributed by atoms with Gasteiger partial charge in [-0.2, -0.15) is 0 Å². The third-order valence-corrected chi connectivity index (χ3v) is 3.10. The molecule has 0 amide bonds. The van der Waals surface area contributed by atoms with Crippen molar-refractivity contribution in [3.05, 3.63) is 17.8 Å². The van der Waals surface area contributed by atoms with Gasteiger partial charge in [0.05, 0.1) is 12.7 Å². The van der Waals surface area contributed by atoms with Crippen LogP contribution in [0.25, 0.3) is 0 Å². The van der Waals surface area contributed by atoms with Gasteiger partial charge < -0.3 is 14.6 Å². The van der Waals surface area contributed by atoms with Crippen LogP contribution in [0.2, 0.25) is 0 Å². The first kappa shape index (κ1) is 11.6. The maximum absolute atomic E-state index is 5.41. The van der Waals surface area contributed by atoms with E-state index >= 15 is 0 Å². The smallest absolute Gasteiger partial charge is 0.208 e. The highest BCUT2D eigenvalue weighted by molar-refractivity contribution is 4.90. The predicted molar refractivity (Wildman–Crippen MR) is 63.2 cm³/mol. The Bertz CT molecular complexity index is 324. The summed E-state index contributed by atoms with van der Waals surface area (Å²) < 4.78 is 5.41. The lowest BCUT2D eigenvalue weighted by atomic mass is 9.98. The van der Waals surface area contributed by atoms with E-state index < -0.39 is 0 Å². The van der Waals surface area contributed by atoms with Crippen molar-refractivity contribution in [3.8, 4) is 0 Å². The molecule has 1 fully saturated rings.